The number of carbonyl (C=O) groups is 1. The fraction of sp³-hybridized carbons (Fsp3) is 0.273. The van der Waals surface area contributed by atoms with Gasteiger partial charge in [0, 0.05) is 37.4 Å². The summed E-state index contributed by atoms with van der Waals surface area (Å²) in [5.74, 6) is -0.0135. The number of anilines is 1. The highest BCUT2D eigenvalue weighted by Crippen LogP contribution is 2.26. The van der Waals surface area contributed by atoms with Crippen LogP contribution in [0.5, 0.6) is 0 Å². The SMILES string of the molecule is CSc1nc(-c2ccccc2)c(C(=O)N2CCN(c3cccc(CO)c3)CC2)[nH]1. The van der Waals surface area contributed by atoms with E-state index in [2.05, 4.69) is 14.9 Å². The Morgan fingerprint density at radius 3 is 2.55 bits per heavy atom. The second-order valence-corrected chi connectivity index (χ2v) is 7.74. The molecule has 2 N–H and O–H groups in total. The zero-order chi connectivity index (χ0) is 20.2. The van der Waals surface area contributed by atoms with Crippen molar-refractivity contribution in [1.82, 2.24) is 14.9 Å². The quantitative estimate of drug-likeness (QED) is 0.634. The van der Waals surface area contributed by atoms with Gasteiger partial charge in [-0.2, -0.15) is 0 Å². The minimum atomic E-state index is -0.0135. The molecule has 0 radical (unpaired) electrons. The minimum absolute atomic E-state index is 0.0135. The van der Waals surface area contributed by atoms with Gasteiger partial charge >= 0.3 is 0 Å². The van der Waals surface area contributed by atoms with E-state index in [1.165, 1.54) is 11.8 Å². The van der Waals surface area contributed by atoms with Gasteiger partial charge in [-0.15, -0.1) is 0 Å². The second-order valence-electron chi connectivity index (χ2n) is 6.94. The maximum absolute atomic E-state index is 13.3. The highest BCUT2D eigenvalue weighted by molar-refractivity contribution is 7.98. The van der Waals surface area contributed by atoms with Crippen LogP contribution in [0.25, 0.3) is 11.3 Å². The molecular formula is C22H24N4O2S. The smallest absolute Gasteiger partial charge is 0.272 e. The van der Waals surface area contributed by atoms with Crippen molar-refractivity contribution in [2.45, 2.75) is 11.8 Å². The van der Waals surface area contributed by atoms with Gasteiger partial charge in [0.05, 0.1) is 6.61 Å². The van der Waals surface area contributed by atoms with Gasteiger partial charge in [-0.3, -0.25) is 4.79 Å². The van der Waals surface area contributed by atoms with Crippen molar-refractivity contribution in [2.75, 3.05) is 37.3 Å². The molecule has 4 rings (SSSR count). The molecule has 6 nitrogen and oxygen atoms in total. The Balaban J connectivity index is 1.51. The van der Waals surface area contributed by atoms with Crippen molar-refractivity contribution in [1.29, 1.82) is 0 Å². The molecular weight excluding hydrogens is 384 g/mol. The summed E-state index contributed by atoms with van der Waals surface area (Å²) >= 11 is 1.50. The van der Waals surface area contributed by atoms with Crippen LogP contribution in [0, 0.1) is 0 Å². The van der Waals surface area contributed by atoms with E-state index in [1.807, 2.05) is 65.8 Å². The number of benzene rings is 2. The average molecular weight is 409 g/mol. The molecule has 7 heteroatoms. The molecule has 0 unspecified atom stereocenters. The second kappa shape index (κ2) is 8.71. The molecule has 0 saturated carbocycles. The van der Waals surface area contributed by atoms with Crippen molar-refractivity contribution in [3.63, 3.8) is 0 Å². The number of aliphatic hydroxyl groups excluding tert-OH is 1. The Morgan fingerprint density at radius 1 is 1.10 bits per heavy atom. The summed E-state index contributed by atoms with van der Waals surface area (Å²) in [5, 5.41) is 10.1. The molecule has 3 aromatic rings. The number of hydrogen-bond acceptors (Lipinski definition) is 5. The van der Waals surface area contributed by atoms with Gasteiger partial charge < -0.3 is 19.9 Å². The Kier molecular flexibility index (Phi) is 5.87. The fourth-order valence-electron chi connectivity index (χ4n) is 3.59. The molecule has 0 aliphatic carbocycles. The largest absolute Gasteiger partial charge is 0.392 e. The van der Waals surface area contributed by atoms with Crippen molar-refractivity contribution < 1.29 is 9.90 Å². The highest BCUT2D eigenvalue weighted by Gasteiger charge is 2.27. The molecule has 1 aliphatic rings. The number of aliphatic hydroxyl groups is 1. The number of piperazine rings is 1. The van der Waals surface area contributed by atoms with E-state index < -0.39 is 0 Å². The average Bonchev–Trinajstić information content (AvgIpc) is 3.24. The number of nitrogens with one attached hydrogen (secondary N) is 1. The van der Waals surface area contributed by atoms with Gasteiger partial charge in [0.15, 0.2) is 5.16 Å². The summed E-state index contributed by atoms with van der Waals surface area (Å²) in [5.41, 5.74) is 4.18. The first-order valence-corrected chi connectivity index (χ1v) is 10.9. The Bertz CT molecular complexity index is 981. The lowest BCUT2D eigenvalue weighted by Crippen LogP contribution is -2.49. The van der Waals surface area contributed by atoms with E-state index in [-0.39, 0.29) is 12.5 Å². The lowest BCUT2D eigenvalue weighted by Gasteiger charge is -2.36. The lowest BCUT2D eigenvalue weighted by atomic mass is 10.1. The number of aromatic nitrogens is 2. The molecule has 29 heavy (non-hydrogen) atoms. The molecule has 0 bridgehead atoms. The number of thioether (sulfide) groups is 1. The molecule has 1 saturated heterocycles. The number of nitrogens with zero attached hydrogens (tertiary/aromatic N) is 3. The van der Waals surface area contributed by atoms with Gasteiger partial charge in [-0.1, -0.05) is 54.2 Å². The van der Waals surface area contributed by atoms with Crippen molar-refractivity contribution >= 4 is 23.4 Å². The summed E-state index contributed by atoms with van der Waals surface area (Å²) < 4.78 is 0. The Hall–Kier alpha value is -2.77. The minimum Gasteiger partial charge on any atom is -0.392 e. The van der Waals surface area contributed by atoms with Gasteiger partial charge in [0.25, 0.3) is 5.91 Å². The number of hydrogen-bond donors (Lipinski definition) is 2. The zero-order valence-electron chi connectivity index (χ0n) is 16.3. The van der Waals surface area contributed by atoms with E-state index in [1.54, 1.807) is 0 Å². The van der Waals surface area contributed by atoms with Gasteiger partial charge in [-0.25, -0.2) is 4.98 Å². The van der Waals surface area contributed by atoms with Crippen LogP contribution in [0.4, 0.5) is 5.69 Å². The van der Waals surface area contributed by atoms with Gasteiger partial charge in [0.2, 0.25) is 0 Å². The third-order valence-electron chi connectivity index (χ3n) is 5.16. The van der Waals surface area contributed by atoms with Crippen LogP contribution in [-0.4, -0.2) is 58.3 Å². The number of H-pyrrole nitrogens is 1. The number of imidazole rings is 1. The summed E-state index contributed by atoms with van der Waals surface area (Å²) in [6, 6.07) is 17.7. The van der Waals surface area contributed by atoms with Crippen molar-refractivity contribution in [3.8, 4) is 11.3 Å². The molecule has 2 heterocycles. The van der Waals surface area contributed by atoms with Crippen LogP contribution in [0.3, 0.4) is 0 Å². The fourth-order valence-corrected chi connectivity index (χ4v) is 3.97. The van der Waals surface area contributed by atoms with Crippen LogP contribution in [0.2, 0.25) is 0 Å². The molecule has 2 aromatic carbocycles. The summed E-state index contributed by atoms with van der Waals surface area (Å²) in [4.78, 5) is 25.2. The van der Waals surface area contributed by atoms with E-state index in [0.717, 1.165) is 35.1 Å². The normalized spacial score (nSPS) is 14.3. The van der Waals surface area contributed by atoms with Gasteiger partial charge in [-0.05, 0) is 24.0 Å². The number of rotatable bonds is 5. The highest BCUT2D eigenvalue weighted by atomic mass is 32.2. The van der Waals surface area contributed by atoms with Crippen LogP contribution in [-0.2, 0) is 6.61 Å². The standard InChI is InChI=1S/C22H24N4O2S/c1-29-22-23-19(17-7-3-2-4-8-17)20(24-22)21(28)26-12-10-25(11-13-26)18-9-5-6-16(14-18)15-27/h2-9,14,27H,10-13,15H2,1H3,(H,23,24). The van der Waals surface area contributed by atoms with Crippen molar-refractivity contribution in [2.24, 2.45) is 0 Å². The van der Waals surface area contributed by atoms with Crippen LogP contribution < -0.4 is 4.90 Å². The monoisotopic (exact) mass is 408 g/mol. The van der Waals surface area contributed by atoms with E-state index in [0.29, 0.717) is 24.5 Å². The van der Waals surface area contributed by atoms with Gasteiger partial charge in [0.1, 0.15) is 11.4 Å². The predicted molar refractivity (Wildman–Crippen MR) is 116 cm³/mol. The number of carbonyl (C=O) groups excluding carboxylic acids is 1. The lowest BCUT2D eigenvalue weighted by molar-refractivity contribution is 0.0742. The molecule has 1 aliphatic heterocycles. The Morgan fingerprint density at radius 2 is 1.86 bits per heavy atom. The predicted octanol–water partition coefficient (Wildman–Crippen LogP) is 3.25. The third-order valence-corrected chi connectivity index (χ3v) is 5.74. The molecule has 0 atom stereocenters. The first kappa shape index (κ1) is 19.5. The van der Waals surface area contributed by atoms with Crippen LogP contribution in [0.15, 0.2) is 59.8 Å². The van der Waals surface area contributed by atoms with Crippen LogP contribution in [0.1, 0.15) is 16.1 Å². The maximum atomic E-state index is 13.3. The summed E-state index contributed by atoms with van der Waals surface area (Å²) in [7, 11) is 0. The molecule has 1 fully saturated rings. The van der Waals surface area contributed by atoms with E-state index >= 15 is 0 Å². The topological polar surface area (TPSA) is 72.5 Å². The van der Waals surface area contributed by atoms with Crippen LogP contribution >= 0.6 is 11.8 Å². The Labute approximate surface area is 174 Å². The molecule has 150 valence electrons. The molecule has 1 amide bonds. The zero-order valence-corrected chi connectivity index (χ0v) is 17.2. The summed E-state index contributed by atoms with van der Waals surface area (Å²) in [6.45, 7) is 2.83. The molecule has 1 aromatic heterocycles. The molecule has 0 spiro atoms. The summed E-state index contributed by atoms with van der Waals surface area (Å²) in [6.07, 6.45) is 1.95. The third kappa shape index (κ3) is 4.16. The number of amides is 1. The van der Waals surface area contributed by atoms with E-state index in [4.69, 9.17) is 0 Å². The first-order chi connectivity index (χ1) is 14.2. The first-order valence-electron chi connectivity index (χ1n) is 9.63. The van der Waals surface area contributed by atoms with E-state index in [9.17, 15) is 9.90 Å². The number of aromatic amines is 1. The maximum Gasteiger partial charge on any atom is 0.272 e. The van der Waals surface area contributed by atoms with Crippen molar-refractivity contribution in [3.05, 3.63) is 65.9 Å².